The van der Waals surface area contributed by atoms with Gasteiger partial charge in [0.25, 0.3) is 5.91 Å². The molecule has 1 aliphatic heterocycles. The molecule has 33 heavy (non-hydrogen) atoms. The summed E-state index contributed by atoms with van der Waals surface area (Å²) >= 11 is 5.87. The van der Waals surface area contributed by atoms with Crippen LogP contribution in [0.4, 0.5) is 16.2 Å². The third kappa shape index (κ3) is 5.70. The fraction of sp³-hybridized carbons (Fsp3) is 0.261. The Morgan fingerprint density at radius 1 is 1.15 bits per heavy atom. The van der Waals surface area contributed by atoms with Crippen molar-refractivity contribution >= 4 is 34.9 Å². The van der Waals surface area contributed by atoms with E-state index in [2.05, 4.69) is 15.6 Å². The fourth-order valence-corrected chi connectivity index (χ4v) is 3.60. The maximum absolute atomic E-state index is 12.2. The number of methoxy groups -OCH3 is 1. The largest absolute Gasteiger partial charge is 0.377 e. The van der Waals surface area contributed by atoms with Gasteiger partial charge in [-0.3, -0.25) is 4.79 Å². The zero-order valence-electron chi connectivity index (χ0n) is 18.1. The molecule has 0 bridgehead atoms. The highest BCUT2D eigenvalue weighted by Crippen LogP contribution is 2.21. The molecule has 0 radical (unpaired) electrons. The van der Waals surface area contributed by atoms with E-state index >= 15 is 0 Å². The maximum atomic E-state index is 12.2. The van der Waals surface area contributed by atoms with Crippen molar-refractivity contribution in [3.63, 3.8) is 0 Å². The van der Waals surface area contributed by atoms with Crippen LogP contribution >= 0.6 is 11.6 Å². The summed E-state index contributed by atoms with van der Waals surface area (Å²) in [5.74, 6) is 0.643. The van der Waals surface area contributed by atoms with E-state index in [1.54, 1.807) is 36.3 Å². The minimum Gasteiger partial charge on any atom is -0.377 e. The van der Waals surface area contributed by atoms with Gasteiger partial charge >= 0.3 is 6.03 Å². The van der Waals surface area contributed by atoms with E-state index < -0.39 is 0 Å². The highest BCUT2D eigenvalue weighted by atomic mass is 35.5. The predicted octanol–water partition coefficient (Wildman–Crippen LogP) is 3.36. The monoisotopic (exact) mass is 469 g/mol. The number of benzene rings is 2. The third-order valence-electron chi connectivity index (χ3n) is 5.06. The Morgan fingerprint density at radius 3 is 2.58 bits per heavy atom. The normalized spacial score (nSPS) is 13.8. The smallest absolute Gasteiger partial charge is 0.319 e. The number of anilines is 2. The van der Waals surface area contributed by atoms with Crippen LogP contribution < -0.4 is 15.5 Å². The Bertz CT molecular complexity index is 1110. The molecule has 0 spiro atoms. The number of aromatic nitrogens is 2. The SMILES string of the molecule is COCc1nc(CNC(=O)Nc2ccc(Cl)cc2)cn1-c1ccc(N2CCOCC2=O)cc1. The molecule has 1 fully saturated rings. The van der Waals surface area contributed by atoms with E-state index in [4.69, 9.17) is 21.1 Å². The van der Waals surface area contributed by atoms with Gasteiger partial charge in [0.15, 0.2) is 0 Å². The van der Waals surface area contributed by atoms with E-state index in [-0.39, 0.29) is 25.1 Å². The van der Waals surface area contributed by atoms with E-state index in [1.807, 2.05) is 35.0 Å². The molecule has 10 heteroatoms. The zero-order valence-corrected chi connectivity index (χ0v) is 18.8. The first kappa shape index (κ1) is 22.8. The summed E-state index contributed by atoms with van der Waals surface area (Å²) < 4.78 is 12.4. The van der Waals surface area contributed by atoms with Crippen molar-refractivity contribution in [2.75, 3.05) is 37.1 Å². The number of imidazole rings is 1. The van der Waals surface area contributed by atoms with Gasteiger partial charge < -0.3 is 29.6 Å². The van der Waals surface area contributed by atoms with Crippen molar-refractivity contribution in [1.82, 2.24) is 14.9 Å². The van der Waals surface area contributed by atoms with Crippen LogP contribution in [0.5, 0.6) is 0 Å². The Labute approximate surface area is 196 Å². The first-order valence-corrected chi connectivity index (χ1v) is 10.8. The number of carbonyl (C=O) groups excluding carboxylic acids is 2. The highest BCUT2D eigenvalue weighted by molar-refractivity contribution is 6.30. The number of amides is 3. The van der Waals surface area contributed by atoms with E-state index in [0.717, 1.165) is 11.4 Å². The molecule has 2 N–H and O–H groups in total. The Morgan fingerprint density at radius 2 is 1.88 bits per heavy atom. The quantitative estimate of drug-likeness (QED) is 0.553. The molecule has 2 aromatic carbocycles. The van der Waals surface area contributed by atoms with Crippen molar-refractivity contribution in [3.05, 3.63) is 71.3 Å². The number of carbonyl (C=O) groups is 2. The number of morpholine rings is 1. The number of rotatable bonds is 7. The van der Waals surface area contributed by atoms with Crippen LogP contribution in [0.25, 0.3) is 5.69 Å². The second-order valence-corrected chi connectivity index (χ2v) is 7.82. The molecule has 0 aliphatic carbocycles. The molecule has 0 unspecified atom stereocenters. The lowest BCUT2D eigenvalue weighted by atomic mass is 10.2. The molecule has 172 valence electrons. The Hall–Kier alpha value is -3.40. The lowest BCUT2D eigenvalue weighted by Gasteiger charge is -2.27. The van der Waals surface area contributed by atoms with Gasteiger partial charge in [-0.05, 0) is 48.5 Å². The molecular weight excluding hydrogens is 446 g/mol. The van der Waals surface area contributed by atoms with E-state index in [0.29, 0.717) is 42.0 Å². The zero-order chi connectivity index (χ0) is 23.2. The number of urea groups is 1. The molecule has 0 saturated carbocycles. The van der Waals surface area contributed by atoms with Crippen molar-refractivity contribution in [1.29, 1.82) is 0 Å². The molecule has 0 atom stereocenters. The maximum Gasteiger partial charge on any atom is 0.319 e. The van der Waals surface area contributed by atoms with Crippen molar-refractivity contribution in [2.45, 2.75) is 13.2 Å². The number of hydrogen-bond acceptors (Lipinski definition) is 5. The molecule has 9 nitrogen and oxygen atoms in total. The minimum absolute atomic E-state index is 0.0538. The summed E-state index contributed by atoms with van der Waals surface area (Å²) in [4.78, 5) is 30.6. The van der Waals surface area contributed by atoms with Crippen LogP contribution in [-0.4, -0.2) is 48.4 Å². The molecule has 3 aromatic rings. The molecule has 2 heterocycles. The predicted molar refractivity (Wildman–Crippen MR) is 125 cm³/mol. The number of hydrogen-bond donors (Lipinski definition) is 2. The lowest BCUT2D eigenvalue weighted by Crippen LogP contribution is -2.41. The highest BCUT2D eigenvalue weighted by Gasteiger charge is 2.20. The molecular formula is C23H24ClN5O4. The third-order valence-corrected chi connectivity index (χ3v) is 5.31. The van der Waals surface area contributed by atoms with E-state index in [9.17, 15) is 9.59 Å². The van der Waals surface area contributed by atoms with Gasteiger partial charge in [-0.15, -0.1) is 0 Å². The molecule has 4 rings (SSSR count). The number of nitrogens with zero attached hydrogens (tertiary/aromatic N) is 3. The summed E-state index contributed by atoms with van der Waals surface area (Å²) in [6.07, 6.45) is 1.85. The van der Waals surface area contributed by atoms with Gasteiger partial charge in [0.1, 0.15) is 19.0 Å². The van der Waals surface area contributed by atoms with Gasteiger partial charge in [-0.1, -0.05) is 11.6 Å². The van der Waals surface area contributed by atoms with Crippen LogP contribution in [0.3, 0.4) is 0 Å². The van der Waals surface area contributed by atoms with E-state index in [1.165, 1.54) is 0 Å². The summed E-state index contributed by atoms with van der Waals surface area (Å²) in [6.45, 7) is 1.70. The summed E-state index contributed by atoms with van der Waals surface area (Å²) in [5.41, 5.74) is 3.01. The average Bonchev–Trinajstić information content (AvgIpc) is 3.23. The second kappa shape index (κ2) is 10.5. The minimum atomic E-state index is -0.348. The van der Waals surface area contributed by atoms with Crippen LogP contribution in [0.2, 0.25) is 5.02 Å². The fourth-order valence-electron chi connectivity index (χ4n) is 3.48. The second-order valence-electron chi connectivity index (χ2n) is 7.38. The summed E-state index contributed by atoms with van der Waals surface area (Å²) in [5, 5.41) is 6.15. The Kier molecular flexibility index (Phi) is 7.23. The van der Waals surface area contributed by atoms with Crippen LogP contribution in [0.15, 0.2) is 54.7 Å². The molecule has 1 aromatic heterocycles. The summed E-state index contributed by atoms with van der Waals surface area (Å²) in [7, 11) is 1.60. The molecule has 1 saturated heterocycles. The lowest BCUT2D eigenvalue weighted by molar-refractivity contribution is -0.125. The van der Waals surface area contributed by atoms with Gasteiger partial charge in [-0.25, -0.2) is 9.78 Å². The Balaban J connectivity index is 1.44. The topological polar surface area (TPSA) is 97.7 Å². The van der Waals surface area contributed by atoms with Crippen LogP contribution in [0.1, 0.15) is 11.5 Å². The first-order valence-electron chi connectivity index (χ1n) is 10.4. The standard InChI is InChI=1S/C23H24ClN5O4/c1-32-14-21-26-18(12-25-23(31)27-17-4-2-16(24)3-5-17)13-29(21)20-8-6-19(7-9-20)28-10-11-33-15-22(28)30/h2-9,13H,10-12,14-15H2,1H3,(H2,25,27,31). The summed E-state index contributed by atoms with van der Waals surface area (Å²) in [6, 6.07) is 14.1. The van der Waals surface area contributed by atoms with Crippen molar-refractivity contribution < 1.29 is 19.1 Å². The van der Waals surface area contributed by atoms with Gasteiger partial charge in [-0.2, -0.15) is 0 Å². The molecule has 1 aliphatic rings. The van der Waals surface area contributed by atoms with Gasteiger partial charge in [0, 0.05) is 41.9 Å². The average molecular weight is 470 g/mol. The number of ether oxygens (including phenoxy) is 2. The molecule has 3 amide bonds. The van der Waals surface area contributed by atoms with Gasteiger partial charge in [0.05, 0.1) is 18.8 Å². The van der Waals surface area contributed by atoms with Crippen molar-refractivity contribution in [3.8, 4) is 5.69 Å². The first-order chi connectivity index (χ1) is 16.0. The van der Waals surface area contributed by atoms with Crippen LogP contribution in [0, 0.1) is 0 Å². The van der Waals surface area contributed by atoms with Crippen molar-refractivity contribution in [2.24, 2.45) is 0 Å². The van der Waals surface area contributed by atoms with Crippen LogP contribution in [-0.2, 0) is 27.4 Å². The number of nitrogens with one attached hydrogen (secondary N) is 2. The number of halogens is 1. The van der Waals surface area contributed by atoms with Gasteiger partial charge in [0.2, 0.25) is 0 Å².